The van der Waals surface area contributed by atoms with E-state index >= 15 is 0 Å². The molecule has 3 nitrogen and oxygen atoms in total. The molecule has 0 unspecified atom stereocenters. The van der Waals surface area contributed by atoms with Crippen LogP contribution in [0.25, 0.3) is 10.9 Å². The highest BCUT2D eigenvalue weighted by atomic mass is 79.9. The van der Waals surface area contributed by atoms with Crippen LogP contribution in [0.2, 0.25) is 0 Å². The van der Waals surface area contributed by atoms with Crippen LogP contribution in [0.1, 0.15) is 11.3 Å². The number of nitrogen functional groups attached to an aromatic ring is 1. The van der Waals surface area contributed by atoms with Gasteiger partial charge in [-0.05, 0) is 28.9 Å². The first-order chi connectivity index (χ1) is 7.73. The van der Waals surface area contributed by atoms with Crippen molar-refractivity contribution in [3.63, 3.8) is 0 Å². The molecular weight excluding hydrogens is 299 g/mol. The number of anilines is 1. The van der Waals surface area contributed by atoms with Gasteiger partial charge < -0.3 is 5.73 Å². The van der Waals surface area contributed by atoms with E-state index < -0.39 is 11.7 Å². The first-order valence-electron chi connectivity index (χ1n) is 4.72. The van der Waals surface area contributed by atoms with Crippen LogP contribution in [0.3, 0.4) is 0 Å². The Labute approximate surface area is 104 Å². The van der Waals surface area contributed by atoms with Gasteiger partial charge in [0, 0.05) is 18.1 Å². The fourth-order valence-electron chi connectivity index (χ4n) is 1.66. The molecule has 0 atom stereocenters. The number of alkyl halides is 3. The average Bonchev–Trinajstić information content (AvgIpc) is 2.48. The molecule has 1 aromatic heterocycles. The lowest BCUT2D eigenvalue weighted by molar-refractivity contribution is -0.138. The molecule has 92 valence electrons. The molecule has 2 N–H and O–H groups in total. The summed E-state index contributed by atoms with van der Waals surface area (Å²) in [4.78, 5) is 0. The fourth-order valence-corrected chi connectivity index (χ4v) is 2.19. The van der Waals surface area contributed by atoms with E-state index in [9.17, 15) is 13.2 Å². The maximum absolute atomic E-state index is 12.8. The van der Waals surface area contributed by atoms with Gasteiger partial charge in [0.25, 0.3) is 0 Å². The second-order valence-electron chi connectivity index (χ2n) is 3.75. The lowest BCUT2D eigenvalue weighted by Crippen LogP contribution is -2.07. The number of halogens is 4. The molecule has 1 heterocycles. The van der Waals surface area contributed by atoms with E-state index in [-0.39, 0.29) is 10.2 Å². The third kappa shape index (κ3) is 1.78. The number of nitrogens with two attached hydrogens (primary N) is 1. The quantitative estimate of drug-likeness (QED) is 0.759. The van der Waals surface area contributed by atoms with Gasteiger partial charge >= 0.3 is 6.18 Å². The van der Waals surface area contributed by atoms with E-state index in [0.29, 0.717) is 16.6 Å². The highest BCUT2D eigenvalue weighted by Crippen LogP contribution is 2.41. The van der Waals surface area contributed by atoms with Crippen molar-refractivity contribution in [3.8, 4) is 0 Å². The highest BCUT2D eigenvalue weighted by molar-refractivity contribution is 9.10. The molecule has 0 saturated carbocycles. The summed E-state index contributed by atoms with van der Waals surface area (Å²) in [5, 5.41) is 4.51. The molecule has 0 aliphatic rings. The highest BCUT2D eigenvalue weighted by Gasteiger charge is 2.35. The number of benzene rings is 1. The Balaban J connectivity index is 2.90. The lowest BCUT2D eigenvalue weighted by Gasteiger charge is -2.11. The van der Waals surface area contributed by atoms with E-state index in [2.05, 4.69) is 21.0 Å². The van der Waals surface area contributed by atoms with Crippen LogP contribution < -0.4 is 5.73 Å². The molecular formula is C10H9BrF3N3. The number of nitrogens with zero attached hydrogens (tertiary/aromatic N) is 2. The minimum absolute atomic E-state index is 0.0125. The Morgan fingerprint density at radius 3 is 2.53 bits per heavy atom. The molecule has 2 aromatic rings. The number of aryl methyl sites for hydroxylation is 2. The van der Waals surface area contributed by atoms with Crippen molar-refractivity contribution in [2.75, 3.05) is 5.73 Å². The van der Waals surface area contributed by atoms with Crippen LogP contribution >= 0.6 is 15.9 Å². The van der Waals surface area contributed by atoms with Gasteiger partial charge in [-0.2, -0.15) is 18.3 Å². The summed E-state index contributed by atoms with van der Waals surface area (Å²) >= 11 is 2.88. The zero-order valence-electron chi connectivity index (χ0n) is 9.06. The molecule has 1 aromatic carbocycles. The van der Waals surface area contributed by atoms with E-state index in [4.69, 9.17) is 5.73 Å². The van der Waals surface area contributed by atoms with Gasteiger partial charge in [0.2, 0.25) is 0 Å². The molecule has 0 radical (unpaired) electrons. The summed E-state index contributed by atoms with van der Waals surface area (Å²) in [5.41, 5.74) is 5.93. The van der Waals surface area contributed by atoms with Crippen molar-refractivity contribution in [2.24, 2.45) is 7.05 Å². The molecule has 0 saturated heterocycles. The van der Waals surface area contributed by atoms with Crippen molar-refractivity contribution in [3.05, 3.63) is 21.8 Å². The molecule has 0 bridgehead atoms. The standard InChI is InChI=1S/C10H9BrF3N3/c1-4-5-3-6(10(12,13)14)7(11)8(15)9(5)16-17(4)2/h3H,15H2,1-2H3. The first kappa shape index (κ1) is 12.2. The van der Waals surface area contributed by atoms with Crippen LogP contribution in [0, 0.1) is 6.92 Å². The van der Waals surface area contributed by atoms with E-state index in [1.165, 1.54) is 4.68 Å². The van der Waals surface area contributed by atoms with Crippen molar-refractivity contribution in [1.82, 2.24) is 9.78 Å². The van der Waals surface area contributed by atoms with Gasteiger partial charge in [-0.15, -0.1) is 0 Å². The number of hydrogen-bond donors (Lipinski definition) is 1. The van der Waals surface area contributed by atoms with Crippen LogP contribution in [-0.2, 0) is 13.2 Å². The second-order valence-corrected chi connectivity index (χ2v) is 4.55. The Morgan fingerprint density at radius 2 is 2.00 bits per heavy atom. The topological polar surface area (TPSA) is 43.8 Å². The van der Waals surface area contributed by atoms with Gasteiger partial charge in [0.1, 0.15) is 5.52 Å². The predicted molar refractivity (Wildman–Crippen MR) is 62.6 cm³/mol. The Bertz CT molecular complexity index is 601. The zero-order valence-corrected chi connectivity index (χ0v) is 10.6. The minimum atomic E-state index is -4.44. The van der Waals surface area contributed by atoms with E-state index in [1.54, 1.807) is 14.0 Å². The third-order valence-electron chi connectivity index (χ3n) is 2.70. The van der Waals surface area contributed by atoms with E-state index in [0.717, 1.165) is 6.07 Å². The fraction of sp³-hybridized carbons (Fsp3) is 0.300. The summed E-state index contributed by atoms with van der Waals surface area (Å²) < 4.78 is 39.7. The summed E-state index contributed by atoms with van der Waals surface area (Å²) in [5.74, 6) is 0. The zero-order chi connectivity index (χ0) is 13.0. The number of fused-ring (bicyclic) bond motifs is 1. The molecule has 0 aliphatic carbocycles. The smallest absolute Gasteiger partial charge is 0.396 e. The third-order valence-corrected chi connectivity index (χ3v) is 3.56. The molecule has 7 heteroatoms. The average molecular weight is 308 g/mol. The summed E-state index contributed by atoms with van der Waals surface area (Å²) in [6.07, 6.45) is -4.44. The van der Waals surface area contributed by atoms with Gasteiger partial charge in [-0.3, -0.25) is 4.68 Å². The van der Waals surface area contributed by atoms with Crippen LogP contribution in [0.4, 0.5) is 18.9 Å². The minimum Gasteiger partial charge on any atom is -0.396 e. The maximum atomic E-state index is 12.8. The van der Waals surface area contributed by atoms with Gasteiger partial charge in [-0.25, -0.2) is 0 Å². The Hall–Kier alpha value is -1.24. The molecule has 0 aliphatic heterocycles. The van der Waals surface area contributed by atoms with Gasteiger partial charge in [0.05, 0.1) is 15.7 Å². The molecule has 2 rings (SSSR count). The first-order valence-corrected chi connectivity index (χ1v) is 5.51. The largest absolute Gasteiger partial charge is 0.417 e. The van der Waals surface area contributed by atoms with Crippen molar-refractivity contribution in [1.29, 1.82) is 0 Å². The van der Waals surface area contributed by atoms with Crippen LogP contribution in [0.5, 0.6) is 0 Å². The SMILES string of the molecule is Cc1c2cc(C(F)(F)F)c(Br)c(N)c2nn1C. The predicted octanol–water partition coefficient (Wildman–Crippen LogP) is 3.25. The summed E-state index contributed by atoms with van der Waals surface area (Å²) in [6, 6.07) is 1.07. The normalized spacial score (nSPS) is 12.4. The van der Waals surface area contributed by atoms with Crippen molar-refractivity contribution in [2.45, 2.75) is 13.1 Å². The molecule has 0 spiro atoms. The Morgan fingerprint density at radius 1 is 1.41 bits per heavy atom. The number of rotatable bonds is 0. The monoisotopic (exact) mass is 307 g/mol. The molecule has 17 heavy (non-hydrogen) atoms. The lowest BCUT2D eigenvalue weighted by atomic mass is 10.1. The summed E-state index contributed by atoms with van der Waals surface area (Å²) in [6.45, 7) is 1.70. The van der Waals surface area contributed by atoms with Crippen molar-refractivity contribution < 1.29 is 13.2 Å². The van der Waals surface area contributed by atoms with Crippen LogP contribution in [-0.4, -0.2) is 9.78 Å². The number of aromatic nitrogens is 2. The van der Waals surface area contributed by atoms with Crippen molar-refractivity contribution >= 4 is 32.5 Å². The summed E-state index contributed by atoms with van der Waals surface area (Å²) in [7, 11) is 1.66. The maximum Gasteiger partial charge on any atom is 0.417 e. The molecule has 0 amide bonds. The van der Waals surface area contributed by atoms with Crippen LogP contribution in [0.15, 0.2) is 10.5 Å². The van der Waals surface area contributed by atoms with Gasteiger partial charge in [-0.1, -0.05) is 0 Å². The van der Waals surface area contributed by atoms with Gasteiger partial charge in [0.15, 0.2) is 0 Å². The number of hydrogen-bond acceptors (Lipinski definition) is 2. The second kappa shape index (κ2) is 3.63. The Kier molecular flexibility index (Phi) is 2.61. The molecule has 0 fully saturated rings. The van der Waals surface area contributed by atoms with E-state index in [1.807, 2.05) is 0 Å².